The maximum absolute atomic E-state index is 13.7. The summed E-state index contributed by atoms with van der Waals surface area (Å²) in [6, 6.07) is 6.19. The Hall–Kier alpha value is -3.26. The third kappa shape index (κ3) is 10.8. The normalized spacial score (nSPS) is 21.4. The van der Waals surface area contributed by atoms with Gasteiger partial charge in [0.1, 0.15) is 12.1 Å². The zero-order valence-corrected chi connectivity index (χ0v) is 26.1. The zero-order valence-electron chi connectivity index (χ0n) is 25.2. The van der Waals surface area contributed by atoms with Crippen molar-refractivity contribution >= 4 is 40.1 Å². The predicted molar refractivity (Wildman–Crippen MR) is 164 cm³/mol. The number of nitrogens with zero attached hydrogens (tertiary/aromatic N) is 2. The molecule has 0 aliphatic carbocycles. The molecular weight excluding hydrogens is 576 g/mol. The van der Waals surface area contributed by atoms with Gasteiger partial charge in [0.2, 0.25) is 17.7 Å². The van der Waals surface area contributed by atoms with Crippen molar-refractivity contribution in [3.63, 3.8) is 0 Å². The summed E-state index contributed by atoms with van der Waals surface area (Å²) < 4.78 is 10.5. The van der Waals surface area contributed by atoms with E-state index in [0.717, 1.165) is 11.3 Å². The maximum atomic E-state index is 13.7. The Morgan fingerprint density at radius 1 is 1.07 bits per heavy atom. The molecule has 238 valence electrons. The number of hydrogen-bond acceptors (Lipinski definition) is 8. The van der Waals surface area contributed by atoms with Crippen molar-refractivity contribution in [2.75, 3.05) is 33.0 Å². The van der Waals surface area contributed by atoms with Crippen molar-refractivity contribution in [1.82, 2.24) is 15.5 Å². The fraction of sp³-hybridized carbons (Fsp3) is 0.567. The fourth-order valence-electron chi connectivity index (χ4n) is 4.66. The Morgan fingerprint density at radius 3 is 2.30 bits per heavy atom. The smallest absolute Gasteiger partial charge is 0.305 e. The molecule has 0 bridgehead atoms. The van der Waals surface area contributed by atoms with Crippen LogP contribution in [0.5, 0.6) is 0 Å². The van der Waals surface area contributed by atoms with Gasteiger partial charge in [-0.2, -0.15) is 10.9 Å². The number of aliphatic hydroxyl groups excluding tert-OH is 1. The maximum Gasteiger partial charge on any atom is 0.305 e. The first-order valence-corrected chi connectivity index (χ1v) is 15.9. The summed E-state index contributed by atoms with van der Waals surface area (Å²) in [5.41, 5.74) is 3.22. The van der Waals surface area contributed by atoms with E-state index in [2.05, 4.69) is 21.0 Å². The van der Waals surface area contributed by atoms with E-state index in [-0.39, 0.29) is 70.6 Å². The zero-order chi connectivity index (χ0) is 31.6. The minimum absolute atomic E-state index is 0.00288. The summed E-state index contributed by atoms with van der Waals surface area (Å²) >= 11 is 0. The van der Waals surface area contributed by atoms with Crippen LogP contribution in [0.15, 0.2) is 45.3 Å². The number of carbonyl (C=O) groups is 4. The Labute approximate surface area is 255 Å². The lowest BCUT2D eigenvalue weighted by molar-refractivity contribution is -0.144. The Morgan fingerprint density at radius 2 is 1.72 bits per heavy atom. The molecule has 3 amide bonds. The number of rotatable bonds is 15. The number of aliphatic hydroxyl groups is 1. The van der Waals surface area contributed by atoms with Gasteiger partial charge in [-0.05, 0) is 40.3 Å². The monoisotopic (exact) mass is 620 g/mol. The number of amides is 3. The Balaban J connectivity index is 1.51. The molecule has 4 atom stereocenters. The number of allylic oxidation sites excluding steroid dienone is 1. The lowest BCUT2D eigenvalue weighted by Gasteiger charge is -2.35. The summed E-state index contributed by atoms with van der Waals surface area (Å²) in [6.45, 7) is 8.30. The van der Waals surface area contributed by atoms with Gasteiger partial charge in [-0.25, -0.2) is 0 Å². The molecular formula is C30H44N4O8S. The highest BCUT2D eigenvalue weighted by Gasteiger charge is 2.44. The topological polar surface area (TPSA) is 167 Å². The second kappa shape index (κ2) is 16.0. The van der Waals surface area contributed by atoms with Gasteiger partial charge in [-0.1, -0.05) is 32.9 Å². The Kier molecular flexibility index (Phi) is 12.7. The largest absolute Gasteiger partial charge is 0.481 e. The van der Waals surface area contributed by atoms with Gasteiger partial charge >= 0.3 is 5.97 Å². The number of thiol groups is 1. The van der Waals surface area contributed by atoms with Crippen molar-refractivity contribution in [2.24, 2.45) is 10.4 Å². The number of ether oxygens (including phenoxy) is 2. The highest BCUT2D eigenvalue weighted by atomic mass is 32.2. The van der Waals surface area contributed by atoms with E-state index in [9.17, 15) is 24.3 Å². The number of aliphatic carboxylic acids is 1. The molecule has 2 aliphatic rings. The number of aliphatic imine (C=N–C) groups is 1. The molecule has 1 unspecified atom stereocenters. The summed E-state index contributed by atoms with van der Waals surface area (Å²) in [6.07, 6.45) is -0.831. The van der Waals surface area contributed by atoms with Crippen LogP contribution in [0.25, 0.3) is 0 Å². The number of hydrogen-bond donors (Lipinski definition) is 5. The third-order valence-corrected chi connectivity index (χ3v) is 8.91. The number of likely N-dealkylation sites (tertiary alicyclic amines) is 1. The summed E-state index contributed by atoms with van der Waals surface area (Å²) in [7, 11) is -0.543. The molecule has 0 spiro atoms. The standard InChI is InChI=1S/C30H44N4O8S/c1-20-18-43(19-32-20)23-7-5-21(6-8-23)16-31-28(39)24-15-22(35)17-34(24)29(40)27(30(2,3)4)33-25(36)9-11-41-13-14-42-12-10-26(37)38/h5-8,18-19,22,24,27,35,43H,9-17H2,1-4H3,(H,31,39)(H,33,36)(H,37,38)/t22-,24+,27-/m1/s1. The number of benzene rings is 1. The average Bonchev–Trinajstić information content (AvgIpc) is 3.56. The van der Waals surface area contributed by atoms with E-state index >= 15 is 0 Å². The van der Waals surface area contributed by atoms with Gasteiger partial charge in [-0.3, -0.25) is 24.2 Å². The van der Waals surface area contributed by atoms with Crippen LogP contribution in [0.2, 0.25) is 0 Å². The summed E-state index contributed by atoms with van der Waals surface area (Å²) in [5.74, 6) is -2.13. The molecule has 1 fully saturated rings. The van der Waals surface area contributed by atoms with Crippen LogP contribution >= 0.6 is 10.9 Å². The van der Waals surface area contributed by atoms with Crippen LogP contribution in [0.3, 0.4) is 0 Å². The SMILES string of the molecule is CC1=C[SH](c2ccc(CNC(=O)[C@@H]3C[C@@H](O)CN3C(=O)[C@@H](NC(=O)CCOCCOCCC(=O)O)C(C)(C)C)cc2)C=N1. The molecule has 0 saturated carbocycles. The highest BCUT2D eigenvalue weighted by molar-refractivity contribution is 8.31. The van der Waals surface area contributed by atoms with Crippen LogP contribution in [0.4, 0.5) is 0 Å². The van der Waals surface area contributed by atoms with E-state index in [1.54, 1.807) is 0 Å². The molecule has 12 nitrogen and oxygen atoms in total. The third-order valence-electron chi connectivity index (χ3n) is 7.00. The van der Waals surface area contributed by atoms with Crippen LogP contribution in [-0.2, 0) is 35.2 Å². The van der Waals surface area contributed by atoms with Gasteiger partial charge in [0.05, 0.1) is 39.0 Å². The molecule has 1 aromatic carbocycles. The number of carbonyl (C=O) groups excluding carboxylic acids is 3. The van der Waals surface area contributed by atoms with Crippen LogP contribution in [0, 0.1) is 5.41 Å². The van der Waals surface area contributed by atoms with E-state index in [4.69, 9.17) is 14.6 Å². The number of carboxylic acids is 1. The van der Waals surface area contributed by atoms with Gasteiger partial charge in [0, 0.05) is 37.2 Å². The molecule has 13 heteroatoms. The first kappa shape index (κ1) is 34.2. The van der Waals surface area contributed by atoms with Gasteiger partial charge in [0.15, 0.2) is 0 Å². The second-order valence-corrected chi connectivity index (χ2v) is 13.5. The minimum atomic E-state index is -0.944. The molecule has 43 heavy (non-hydrogen) atoms. The summed E-state index contributed by atoms with van der Waals surface area (Å²) in [5, 5.41) is 26.8. The Bertz CT molecular complexity index is 1200. The molecule has 1 saturated heterocycles. The van der Waals surface area contributed by atoms with Crippen molar-refractivity contribution in [1.29, 1.82) is 0 Å². The number of nitrogens with one attached hydrogen (secondary N) is 2. The van der Waals surface area contributed by atoms with Gasteiger partial charge < -0.3 is 35.2 Å². The van der Waals surface area contributed by atoms with Crippen molar-refractivity contribution < 1.29 is 38.9 Å². The predicted octanol–water partition coefficient (Wildman–Crippen LogP) is 1.96. The number of carboxylic acid groups (broad SMARTS) is 1. The van der Waals surface area contributed by atoms with E-state index in [1.165, 1.54) is 9.80 Å². The lowest BCUT2D eigenvalue weighted by atomic mass is 9.85. The molecule has 3 rings (SSSR count). The first-order valence-electron chi connectivity index (χ1n) is 14.4. The van der Waals surface area contributed by atoms with Crippen LogP contribution in [-0.4, -0.2) is 95.5 Å². The minimum Gasteiger partial charge on any atom is -0.481 e. The van der Waals surface area contributed by atoms with Crippen molar-refractivity contribution in [3.8, 4) is 0 Å². The molecule has 4 N–H and O–H groups in total. The molecule has 2 aliphatic heterocycles. The molecule has 0 aromatic heterocycles. The van der Waals surface area contributed by atoms with E-state index < -0.39 is 46.4 Å². The lowest BCUT2D eigenvalue weighted by Crippen LogP contribution is -2.57. The fourth-order valence-corrected chi connectivity index (χ4v) is 6.27. The molecule has 0 radical (unpaired) electrons. The first-order chi connectivity index (χ1) is 20.3. The second-order valence-electron chi connectivity index (χ2n) is 11.7. The van der Waals surface area contributed by atoms with E-state index in [0.29, 0.717) is 0 Å². The van der Waals surface area contributed by atoms with Crippen LogP contribution < -0.4 is 10.6 Å². The van der Waals surface area contributed by atoms with E-state index in [1.807, 2.05) is 57.5 Å². The average molecular weight is 621 g/mol. The van der Waals surface area contributed by atoms with Gasteiger partial charge in [-0.15, -0.1) is 0 Å². The van der Waals surface area contributed by atoms with Crippen molar-refractivity contribution in [3.05, 3.63) is 40.9 Å². The van der Waals surface area contributed by atoms with Crippen molar-refractivity contribution in [2.45, 2.75) is 76.6 Å². The van der Waals surface area contributed by atoms with Crippen LogP contribution in [0.1, 0.15) is 52.5 Å². The highest BCUT2D eigenvalue weighted by Crippen LogP contribution is 2.39. The quantitative estimate of drug-likeness (QED) is 0.147. The summed E-state index contributed by atoms with van der Waals surface area (Å²) in [4.78, 5) is 56.9. The molecule has 1 aromatic rings. The molecule has 2 heterocycles. The van der Waals surface area contributed by atoms with Gasteiger partial charge in [0.25, 0.3) is 0 Å². The number of β-amino-alcohol motifs (C(OH)–C–C–N with tert-alkyl or cyclic N) is 1.